The van der Waals surface area contributed by atoms with E-state index in [1.54, 1.807) is 29.1 Å². The molecule has 0 atom stereocenters. The molecule has 0 bridgehead atoms. The predicted molar refractivity (Wildman–Crippen MR) is 92.7 cm³/mol. The van der Waals surface area contributed by atoms with Crippen LogP contribution in [0, 0.1) is 0 Å². The number of nitrogens with zero attached hydrogens (tertiary/aromatic N) is 3. The summed E-state index contributed by atoms with van der Waals surface area (Å²) in [4.78, 5) is 12.7. The van der Waals surface area contributed by atoms with Crippen molar-refractivity contribution in [3.8, 4) is 0 Å². The third kappa shape index (κ3) is 2.84. The quantitative estimate of drug-likeness (QED) is 0.678. The first kappa shape index (κ1) is 15.6. The Bertz CT molecular complexity index is 872. The number of nitrogens with one attached hydrogen (secondary N) is 1. The molecule has 3 aromatic heterocycles. The lowest BCUT2D eigenvalue weighted by molar-refractivity contribution is 0.101. The first-order chi connectivity index (χ1) is 11.0. The van der Waals surface area contributed by atoms with E-state index in [0.29, 0.717) is 28.3 Å². The van der Waals surface area contributed by atoms with Crippen molar-refractivity contribution < 1.29 is 9.21 Å². The van der Waals surface area contributed by atoms with Gasteiger partial charge in [0.2, 0.25) is 0 Å². The summed E-state index contributed by atoms with van der Waals surface area (Å²) in [5.41, 5.74) is 2.02. The van der Waals surface area contributed by atoms with E-state index < -0.39 is 0 Å². The summed E-state index contributed by atoms with van der Waals surface area (Å²) in [5.74, 6) is 0.450. The van der Waals surface area contributed by atoms with Crippen molar-refractivity contribution in [2.45, 2.75) is 26.4 Å². The molecule has 0 radical (unpaired) electrons. The number of anilines is 1. The van der Waals surface area contributed by atoms with Crippen molar-refractivity contribution in [3.05, 3.63) is 47.4 Å². The van der Waals surface area contributed by atoms with Gasteiger partial charge in [-0.25, -0.2) is 4.68 Å². The first-order valence-electron chi connectivity index (χ1n) is 7.25. The molecule has 0 fully saturated rings. The van der Waals surface area contributed by atoms with Gasteiger partial charge in [-0.2, -0.15) is 5.10 Å². The van der Waals surface area contributed by atoms with Gasteiger partial charge in [0.15, 0.2) is 10.3 Å². The molecule has 0 spiro atoms. The number of hydrogen-bond acceptors (Lipinski definition) is 3. The Balaban J connectivity index is 1.97. The van der Waals surface area contributed by atoms with Gasteiger partial charge in [0, 0.05) is 30.8 Å². The van der Waals surface area contributed by atoms with Crippen LogP contribution in [0.1, 0.15) is 30.4 Å². The van der Waals surface area contributed by atoms with Gasteiger partial charge in [0.25, 0.3) is 5.91 Å². The molecule has 3 rings (SSSR count). The summed E-state index contributed by atoms with van der Waals surface area (Å²) < 4.78 is 9.80. The average molecular weight is 377 g/mol. The number of rotatable bonds is 5. The zero-order valence-corrected chi connectivity index (χ0v) is 14.5. The fourth-order valence-electron chi connectivity index (χ4n) is 2.53. The van der Waals surface area contributed by atoms with E-state index in [1.165, 1.54) is 0 Å². The van der Waals surface area contributed by atoms with Crippen LogP contribution in [-0.2, 0) is 6.54 Å². The molecular formula is C16H17BrN4O2. The number of carbonyl (C=O) groups is 1. The normalized spacial score (nSPS) is 11.3. The molecular weight excluding hydrogens is 360 g/mol. The highest BCUT2D eigenvalue weighted by atomic mass is 79.9. The average Bonchev–Trinajstić information content (AvgIpc) is 3.15. The lowest BCUT2D eigenvalue weighted by atomic mass is 10.3. The molecule has 0 saturated carbocycles. The second-order valence-corrected chi connectivity index (χ2v) is 6.22. The fraction of sp³-hybridized carbons (Fsp3) is 0.250. The zero-order chi connectivity index (χ0) is 16.6. The predicted octanol–water partition coefficient (Wildman–Crippen LogP) is 4.21. The van der Waals surface area contributed by atoms with Crippen molar-refractivity contribution >= 4 is 38.8 Å². The smallest absolute Gasteiger partial charge is 0.273 e. The standard InChI is InChI=1S/C16H17BrN4O2/c1-4-7-20-11-9-14(17)23-13(11)8-12(20)16(22)19-15-5-6-18-21(15)10(2)3/h4-6,8-10H,1,7H2,2-3H3,(H,19,22). The second kappa shape index (κ2) is 6.08. The van der Waals surface area contributed by atoms with E-state index in [4.69, 9.17) is 4.42 Å². The molecule has 120 valence electrons. The van der Waals surface area contributed by atoms with Crippen LogP contribution in [0.3, 0.4) is 0 Å². The van der Waals surface area contributed by atoms with Gasteiger partial charge in [-0.1, -0.05) is 6.08 Å². The summed E-state index contributed by atoms with van der Waals surface area (Å²) >= 11 is 3.31. The van der Waals surface area contributed by atoms with Crippen LogP contribution < -0.4 is 5.32 Å². The fourth-order valence-corrected chi connectivity index (χ4v) is 2.92. The van der Waals surface area contributed by atoms with Crippen LogP contribution in [-0.4, -0.2) is 20.3 Å². The minimum absolute atomic E-state index is 0.160. The maximum absolute atomic E-state index is 12.7. The van der Waals surface area contributed by atoms with Crippen LogP contribution in [0.2, 0.25) is 0 Å². The molecule has 3 heterocycles. The van der Waals surface area contributed by atoms with Crippen LogP contribution in [0.4, 0.5) is 5.82 Å². The van der Waals surface area contributed by atoms with Crippen LogP contribution in [0.25, 0.3) is 11.1 Å². The highest BCUT2D eigenvalue weighted by Gasteiger charge is 2.19. The molecule has 0 aliphatic heterocycles. The topological polar surface area (TPSA) is 65.0 Å². The zero-order valence-electron chi connectivity index (χ0n) is 12.9. The Morgan fingerprint density at radius 3 is 3.00 bits per heavy atom. The van der Waals surface area contributed by atoms with Crippen LogP contribution in [0.15, 0.2) is 46.1 Å². The number of hydrogen-bond donors (Lipinski definition) is 1. The Hall–Kier alpha value is -2.28. The number of fused-ring (bicyclic) bond motifs is 1. The van der Waals surface area contributed by atoms with E-state index in [0.717, 1.165) is 5.52 Å². The largest absolute Gasteiger partial charge is 0.448 e. The first-order valence-corrected chi connectivity index (χ1v) is 8.05. The minimum Gasteiger partial charge on any atom is -0.448 e. The van der Waals surface area contributed by atoms with E-state index in [1.807, 2.05) is 24.5 Å². The lowest BCUT2D eigenvalue weighted by Gasteiger charge is -2.12. The number of carbonyl (C=O) groups excluding carboxylic acids is 1. The van der Waals surface area contributed by atoms with Crippen LogP contribution in [0.5, 0.6) is 0 Å². The molecule has 1 amide bonds. The summed E-state index contributed by atoms with van der Waals surface area (Å²) in [6.07, 6.45) is 3.41. The van der Waals surface area contributed by atoms with E-state index in [9.17, 15) is 4.79 Å². The molecule has 6 nitrogen and oxygen atoms in total. The summed E-state index contributed by atoms with van der Waals surface area (Å²) in [6.45, 7) is 8.28. The molecule has 23 heavy (non-hydrogen) atoms. The summed E-state index contributed by atoms with van der Waals surface area (Å²) in [5, 5.41) is 7.13. The molecule has 0 saturated heterocycles. The lowest BCUT2D eigenvalue weighted by Crippen LogP contribution is -2.19. The van der Waals surface area contributed by atoms with Gasteiger partial charge in [-0.3, -0.25) is 4.79 Å². The van der Waals surface area contributed by atoms with Crippen molar-refractivity contribution in [2.24, 2.45) is 0 Å². The van der Waals surface area contributed by atoms with E-state index in [-0.39, 0.29) is 11.9 Å². The van der Waals surface area contributed by atoms with Gasteiger partial charge in [-0.05, 0) is 29.8 Å². The SMILES string of the molecule is C=CCn1c(C(=O)Nc2ccnn2C(C)C)cc2oc(Br)cc21. The number of amides is 1. The second-order valence-electron chi connectivity index (χ2n) is 5.44. The Morgan fingerprint density at radius 1 is 1.52 bits per heavy atom. The van der Waals surface area contributed by atoms with E-state index >= 15 is 0 Å². The van der Waals surface area contributed by atoms with Crippen molar-refractivity contribution in [2.75, 3.05) is 5.32 Å². The third-order valence-electron chi connectivity index (χ3n) is 3.50. The minimum atomic E-state index is -0.211. The van der Waals surface area contributed by atoms with Gasteiger partial charge in [0.1, 0.15) is 11.5 Å². The molecule has 0 aliphatic carbocycles. The number of halogens is 1. The Kier molecular flexibility index (Phi) is 4.12. The maximum atomic E-state index is 12.7. The van der Waals surface area contributed by atoms with Gasteiger partial charge in [-0.15, -0.1) is 6.58 Å². The van der Waals surface area contributed by atoms with Crippen LogP contribution >= 0.6 is 15.9 Å². The molecule has 0 unspecified atom stereocenters. The van der Waals surface area contributed by atoms with Crippen molar-refractivity contribution in [3.63, 3.8) is 0 Å². The van der Waals surface area contributed by atoms with Gasteiger partial charge < -0.3 is 14.3 Å². The Labute approximate surface area is 141 Å². The highest BCUT2D eigenvalue weighted by Crippen LogP contribution is 2.27. The molecule has 0 aromatic carbocycles. The Morgan fingerprint density at radius 2 is 2.30 bits per heavy atom. The van der Waals surface area contributed by atoms with E-state index in [2.05, 4.69) is 32.9 Å². The molecule has 0 aliphatic rings. The number of allylic oxidation sites excluding steroid dienone is 1. The van der Waals surface area contributed by atoms with Crippen molar-refractivity contribution in [1.82, 2.24) is 14.3 Å². The molecule has 3 aromatic rings. The van der Waals surface area contributed by atoms with Crippen molar-refractivity contribution in [1.29, 1.82) is 0 Å². The highest BCUT2D eigenvalue weighted by molar-refractivity contribution is 9.10. The molecule has 7 heteroatoms. The molecule has 1 N–H and O–H groups in total. The third-order valence-corrected chi connectivity index (χ3v) is 3.90. The van der Waals surface area contributed by atoms with Gasteiger partial charge >= 0.3 is 0 Å². The summed E-state index contributed by atoms with van der Waals surface area (Å²) in [6, 6.07) is 5.51. The monoisotopic (exact) mass is 376 g/mol. The van der Waals surface area contributed by atoms with Gasteiger partial charge in [0.05, 0.1) is 11.7 Å². The number of aromatic nitrogens is 3. The number of furan rings is 1. The summed E-state index contributed by atoms with van der Waals surface area (Å²) in [7, 11) is 0. The maximum Gasteiger partial charge on any atom is 0.273 e.